The highest BCUT2D eigenvalue weighted by Crippen LogP contribution is 2.24. The van der Waals surface area contributed by atoms with E-state index in [9.17, 15) is 4.79 Å². The van der Waals surface area contributed by atoms with Crippen molar-refractivity contribution in [3.05, 3.63) is 35.9 Å². The zero-order valence-corrected chi connectivity index (χ0v) is 16.2. The molecular formula is C21H33N3O2. The Morgan fingerprint density at radius 1 is 1.08 bits per heavy atom. The average Bonchev–Trinajstić information content (AvgIpc) is 2.70. The molecule has 1 aromatic rings. The Bertz CT molecular complexity index is 564. The van der Waals surface area contributed by atoms with E-state index >= 15 is 0 Å². The molecule has 2 heterocycles. The number of morpholine rings is 1. The first kappa shape index (κ1) is 19.3. The van der Waals surface area contributed by atoms with Gasteiger partial charge in [0.1, 0.15) is 0 Å². The Balaban J connectivity index is 1.65. The molecule has 1 aromatic carbocycles. The van der Waals surface area contributed by atoms with Crippen LogP contribution >= 0.6 is 0 Å². The van der Waals surface area contributed by atoms with Gasteiger partial charge in [0.2, 0.25) is 5.91 Å². The zero-order valence-electron chi connectivity index (χ0n) is 16.2. The number of likely N-dealkylation sites (tertiary alicyclic amines) is 1. The van der Waals surface area contributed by atoms with Crippen LogP contribution in [0.4, 0.5) is 0 Å². The van der Waals surface area contributed by atoms with Crippen molar-refractivity contribution in [2.75, 3.05) is 45.9 Å². The van der Waals surface area contributed by atoms with Gasteiger partial charge >= 0.3 is 0 Å². The summed E-state index contributed by atoms with van der Waals surface area (Å²) in [5.74, 6) is 0.109. The topological polar surface area (TPSA) is 44.8 Å². The number of nitrogens with one attached hydrogen (secondary N) is 1. The lowest BCUT2D eigenvalue weighted by Gasteiger charge is -2.40. The van der Waals surface area contributed by atoms with E-state index in [1.54, 1.807) is 0 Å². The lowest BCUT2D eigenvalue weighted by molar-refractivity contribution is -0.134. The van der Waals surface area contributed by atoms with E-state index in [2.05, 4.69) is 45.4 Å². The largest absolute Gasteiger partial charge is 0.379 e. The van der Waals surface area contributed by atoms with Crippen LogP contribution in [0.25, 0.3) is 0 Å². The number of rotatable bonds is 6. The average molecular weight is 360 g/mol. The van der Waals surface area contributed by atoms with E-state index in [4.69, 9.17) is 4.74 Å². The van der Waals surface area contributed by atoms with Gasteiger partial charge in [-0.1, -0.05) is 36.8 Å². The van der Waals surface area contributed by atoms with Crippen LogP contribution in [0.15, 0.2) is 30.3 Å². The summed E-state index contributed by atoms with van der Waals surface area (Å²) < 4.78 is 5.43. The summed E-state index contributed by atoms with van der Waals surface area (Å²) in [6.45, 7) is 9.97. The van der Waals surface area contributed by atoms with Crippen molar-refractivity contribution < 1.29 is 9.53 Å². The summed E-state index contributed by atoms with van der Waals surface area (Å²) in [5, 5.41) is 3.25. The highest BCUT2D eigenvalue weighted by atomic mass is 16.5. The fraction of sp³-hybridized carbons (Fsp3) is 0.667. The number of ether oxygens (including phenoxy) is 1. The number of benzene rings is 1. The minimum Gasteiger partial charge on any atom is -0.379 e. The van der Waals surface area contributed by atoms with E-state index in [-0.39, 0.29) is 11.9 Å². The van der Waals surface area contributed by atoms with Crippen molar-refractivity contribution in [1.29, 1.82) is 0 Å². The maximum atomic E-state index is 13.0. The minimum atomic E-state index is -0.507. The summed E-state index contributed by atoms with van der Waals surface area (Å²) >= 11 is 0. The predicted octanol–water partition coefficient (Wildman–Crippen LogP) is 2.44. The molecule has 0 bridgehead atoms. The molecule has 0 aromatic heterocycles. The first-order valence-corrected chi connectivity index (χ1v) is 9.99. The zero-order chi connectivity index (χ0) is 18.4. The molecular weight excluding hydrogens is 326 g/mol. The summed E-state index contributed by atoms with van der Waals surface area (Å²) in [5.41, 5.74) is 0.784. The van der Waals surface area contributed by atoms with Crippen LogP contribution < -0.4 is 5.32 Å². The smallest absolute Gasteiger partial charge is 0.240 e. The van der Waals surface area contributed by atoms with Crippen LogP contribution in [0.2, 0.25) is 0 Å². The van der Waals surface area contributed by atoms with Gasteiger partial charge in [-0.15, -0.1) is 0 Å². The molecule has 3 rings (SSSR count). The fourth-order valence-corrected chi connectivity index (χ4v) is 4.03. The van der Waals surface area contributed by atoms with Gasteiger partial charge in [0, 0.05) is 19.6 Å². The lowest BCUT2D eigenvalue weighted by atomic mass is 9.99. The SMILES string of the molecule is CC(C)(C(=O)NC[C@H](c1ccccc1)N1CCCCC1)N1CCOCC1. The molecule has 0 radical (unpaired) electrons. The van der Waals surface area contributed by atoms with Crippen molar-refractivity contribution in [3.63, 3.8) is 0 Å². The molecule has 0 saturated carbocycles. The molecule has 0 unspecified atom stereocenters. The summed E-state index contributed by atoms with van der Waals surface area (Å²) in [7, 11) is 0. The minimum absolute atomic E-state index is 0.109. The molecule has 0 aliphatic carbocycles. The van der Waals surface area contributed by atoms with Gasteiger partial charge in [0.25, 0.3) is 0 Å². The Labute approximate surface area is 157 Å². The van der Waals surface area contributed by atoms with Crippen molar-refractivity contribution >= 4 is 5.91 Å². The highest BCUT2D eigenvalue weighted by molar-refractivity contribution is 5.85. The van der Waals surface area contributed by atoms with Gasteiger partial charge in [0.05, 0.1) is 24.8 Å². The van der Waals surface area contributed by atoms with Crippen LogP contribution in [-0.4, -0.2) is 67.2 Å². The Kier molecular flexibility index (Phi) is 6.68. The normalized spacial score (nSPS) is 21.3. The molecule has 1 atom stereocenters. The summed E-state index contributed by atoms with van der Waals surface area (Å²) in [4.78, 5) is 17.7. The highest BCUT2D eigenvalue weighted by Gasteiger charge is 2.36. The Morgan fingerprint density at radius 2 is 1.73 bits per heavy atom. The maximum absolute atomic E-state index is 13.0. The molecule has 1 amide bonds. The number of piperidine rings is 1. The van der Waals surface area contributed by atoms with Crippen LogP contribution in [0.3, 0.4) is 0 Å². The van der Waals surface area contributed by atoms with Gasteiger partial charge in [-0.2, -0.15) is 0 Å². The molecule has 144 valence electrons. The number of hydrogen-bond acceptors (Lipinski definition) is 4. The third-order valence-corrected chi connectivity index (χ3v) is 5.83. The number of carbonyl (C=O) groups is 1. The van der Waals surface area contributed by atoms with Gasteiger partial charge in [-0.3, -0.25) is 14.6 Å². The van der Waals surface area contributed by atoms with Gasteiger partial charge in [-0.25, -0.2) is 0 Å². The Morgan fingerprint density at radius 3 is 2.38 bits per heavy atom. The van der Waals surface area contributed by atoms with Crippen LogP contribution in [-0.2, 0) is 9.53 Å². The maximum Gasteiger partial charge on any atom is 0.240 e. The van der Waals surface area contributed by atoms with Gasteiger partial charge < -0.3 is 10.1 Å². The molecule has 2 aliphatic rings. The number of carbonyl (C=O) groups excluding carboxylic acids is 1. The third-order valence-electron chi connectivity index (χ3n) is 5.83. The molecule has 2 saturated heterocycles. The molecule has 2 aliphatic heterocycles. The summed E-state index contributed by atoms with van der Waals surface area (Å²) in [6, 6.07) is 10.8. The molecule has 1 N–H and O–H groups in total. The second-order valence-electron chi connectivity index (χ2n) is 7.89. The van der Waals surface area contributed by atoms with Crippen molar-refractivity contribution in [2.45, 2.75) is 44.7 Å². The van der Waals surface area contributed by atoms with Crippen molar-refractivity contribution in [2.24, 2.45) is 0 Å². The second-order valence-corrected chi connectivity index (χ2v) is 7.89. The predicted molar refractivity (Wildman–Crippen MR) is 104 cm³/mol. The lowest BCUT2D eigenvalue weighted by Crippen LogP contribution is -2.58. The van der Waals surface area contributed by atoms with Crippen LogP contribution in [0.1, 0.15) is 44.7 Å². The van der Waals surface area contributed by atoms with Crippen molar-refractivity contribution in [1.82, 2.24) is 15.1 Å². The van der Waals surface area contributed by atoms with Gasteiger partial charge in [-0.05, 0) is 45.3 Å². The van der Waals surface area contributed by atoms with E-state index in [1.165, 1.54) is 24.8 Å². The summed E-state index contributed by atoms with van der Waals surface area (Å²) in [6.07, 6.45) is 3.81. The van der Waals surface area contributed by atoms with E-state index in [0.29, 0.717) is 19.8 Å². The van der Waals surface area contributed by atoms with Gasteiger partial charge in [0.15, 0.2) is 0 Å². The number of nitrogens with zero attached hydrogens (tertiary/aromatic N) is 2. The molecule has 5 heteroatoms. The van der Waals surface area contributed by atoms with E-state index in [0.717, 1.165) is 26.2 Å². The molecule has 26 heavy (non-hydrogen) atoms. The number of hydrogen-bond donors (Lipinski definition) is 1. The monoisotopic (exact) mass is 359 g/mol. The third kappa shape index (κ3) is 4.64. The molecule has 0 spiro atoms. The molecule has 5 nitrogen and oxygen atoms in total. The van der Waals surface area contributed by atoms with E-state index in [1.807, 2.05) is 13.8 Å². The van der Waals surface area contributed by atoms with Crippen LogP contribution in [0.5, 0.6) is 0 Å². The molecule has 2 fully saturated rings. The quantitative estimate of drug-likeness (QED) is 0.847. The second kappa shape index (κ2) is 8.98. The fourth-order valence-electron chi connectivity index (χ4n) is 4.03. The Hall–Kier alpha value is -1.43. The number of amides is 1. The van der Waals surface area contributed by atoms with Crippen molar-refractivity contribution in [3.8, 4) is 0 Å². The van der Waals surface area contributed by atoms with Crippen LogP contribution in [0, 0.1) is 0 Å². The first-order valence-electron chi connectivity index (χ1n) is 9.99. The standard InChI is InChI=1S/C21H33N3O2/c1-21(2,24-13-15-26-16-14-24)20(25)22-17-19(18-9-5-3-6-10-18)23-11-7-4-8-12-23/h3,5-6,9-10,19H,4,7-8,11-17H2,1-2H3,(H,22,25)/t19-/m1/s1. The first-order chi connectivity index (χ1) is 12.6. The van der Waals surface area contributed by atoms with E-state index < -0.39 is 5.54 Å².